The van der Waals surface area contributed by atoms with E-state index in [1.165, 1.54) is 24.3 Å². The summed E-state index contributed by atoms with van der Waals surface area (Å²) in [5, 5.41) is 20.3. The van der Waals surface area contributed by atoms with E-state index in [-0.39, 0.29) is 12.2 Å². The molecule has 0 unspecified atom stereocenters. The molecule has 0 saturated heterocycles. The minimum absolute atomic E-state index is 0.0629. The lowest BCUT2D eigenvalue weighted by Gasteiger charge is -1.93. The van der Waals surface area contributed by atoms with Gasteiger partial charge in [0.15, 0.2) is 0 Å². The minimum atomic E-state index is -0.546. The minimum Gasteiger partial charge on any atom is -0.264 e. The molecule has 0 fully saturated rings. The fraction of sp³-hybridized carbons (Fsp3) is 0.143. The second-order valence-corrected chi connectivity index (χ2v) is 2.41. The van der Waals surface area contributed by atoms with Crippen LogP contribution in [-0.2, 0) is 6.54 Å². The molecular formula is C7H6N2O4. The van der Waals surface area contributed by atoms with Crippen molar-refractivity contribution < 1.29 is 9.85 Å². The monoisotopic (exact) mass is 182 g/mol. The Labute approximate surface area is 73.1 Å². The first-order valence-electron chi connectivity index (χ1n) is 3.45. The van der Waals surface area contributed by atoms with Gasteiger partial charge in [-0.25, -0.2) is 0 Å². The molecule has 6 nitrogen and oxygen atoms in total. The van der Waals surface area contributed by atoms with E-state index in [0.29, 0.717) is 5.56 Å². The smallest absolute Gasteiger partial charge is 0.264 e. The van der Waals surface area contributed by atoms with Gasteiger partial charge in [0.2, 0.25) is 6.54 Å². The molecule has 1 aromatic carbocycles. The van der Waals surface area contributed by atoms with Crippen molar-refractivity contribution >= 4 is 5.69 Å². The maximum absolute atomic E-state index is 10.2. The van der Waals surface area contributed by atoms with Gasteiger partial charge in [0.25, 0.3) is 5.69 Å². The summed E-state index contributed by atoms with van der Waals surface area (Å²) in [6, 6.07) is 5.25. The zero-order valence-electron chi connectivity index (χ0n) is 6.54. The normalized spacial score (nSPS) is 9.54. The van der Waals surface area contributed by atoms with Crippen LogP contribution in [0, 0.1) is 20.2 Å². The standard InChI is InChI=1S/C7H6N2O4/c10-8(11)5-6-1-3-7(4-2-6)9(12)13/h1-4H,5H2. The van der Waals surface area contributed by atoms with Crippen LogP contribution in [0.2, 0.25) is 0 Å². The number of non-ortho nitro benzene ring substituents is 1. The molecule has 68 valence electrons. The molecule has 13 heavy (non-hydrogen) atoms. The van der Waals surface area contributed by atoms with E-state index < -0.39 is 9.85 Å². The summed E-state index contributed by atoms with van der Waals surface area (Å²) < 4.78 is 0. The third-order valence-electron chi connectivity index (χ3n) is 1.46. The van der Waals surface area contributed by atoms with Crippen LogP contribution in [0.25, 0.3) is 0 Å². The first kappa shape index (κ1) is 9.11. The van der Waals surface area contributed by atoms with Crippen molar-refractivity contribution in [2.75, 3.05) is 0 Å². The van der Waals surface area contributed by atoms with Gasteiger partial charge in [0.1, 0.15) is 0 Å². The molecule has 0 N–H and O–H groups in total. The molecule has 0 aliphatic carbocycles. The number of hydrogen-bond donors (Lipinski definition) is 0. The molecule has 0 atom stereocenters. The second kappa shape index (κ2) is 3.61. The van der Waals surface area contributed by atoms with Gasteiger partial charge in [-0.1, -0.05) is 0 Å². The molecular weight excluding hydrogens is 176 g/mol. The summed E-state index contributed by atoms with van der Waals surface area (Å²) >= 11 is 0. The van der Waals surface area contributed by atoms with Crippen LogP contribution < -0.4 is 0 Å². The molecule has 0 spiro atoms. The third kappa shape index (κ3) is 2.51. The number of hydrogen-bond acceptors (Lipinski definition) is 4. The molecule has 0 heterocycles. The summed E-state index contributed by atoms with van der Waals surface area (Å²) in [6.45, 7) is -0.308. The highest BCUT2D eigenvalue weighted by molar-refractivity contribution is 5.32. The van der Waals surface area contributed by atoms with Gasteiger partial charge >= 0.3 is 0 Å². The lowest BCUT2D eigenvalue weighted by molar-refractivity contribution is -0.496. The number of rotatable bonds is 3. The van der Waals surface area contributed by atoms with Crippen molar-refractivity contribution in [2.24, 2.45) is 0 Å². The Kier molecular flexibility index (Phi) is 2.53. The zero-order valence-corrected chi connectivity index (χ0v) is 6.54. The first-order valence-corrected chi connectivity index (χ1v) is 3.45. The molecule has 1 rings (SSSR count). The van der Waals surface area contributed by atoms with Crippen LogP contribution in [0.5, 0.6) is 0 Å². The molecule has 0 bridgehead atoms. The fourth-order valence-corrected chi connectivity index (χ4v) is 0.872. The summed E-state index contributed by atoms with van der Waals surface area (Å²) in [4.78, 5) is 19.2. The largest absolute Gasteiger partial charge is 0.269 e. The van der Waals surface area contributed by atoms with Gasteiger partial charge < -0.3 is 0 Å². The van der Waals surface area contributed by atoms with Crippen molar-refractivity contribution in [1.29, 1.82) is 0 Å². The highest BCUT2D eigenvalue weighted by Crippen LogP contribution is 2.11. The second-order valence-electron chi connectivity index (χ2n) is 2.41. The van der Waals surface area contributed by atoms with E-state index in [2.05, 4.69) is 0 Å². The van der Waals surface area contributed by atoms with E-state index in [4.69, 9.17) is 0 Å². The SMILES string of the molecule is O=[N+]([O-])Cc1ccc([N+](=O)[O-])cc1. The summed E-state index contributed by atoms with van der Waals surface area (Å²) in [6.07, 6.45) is 0. The van der Waals surface area contributed by atoms with Crippen molar-refractivity contribution in [1.82, 2.24) is 0 Å². The van der Waals surface area contributed by atoms with Crippen LogP contribution in [0.3, 0.4) is 0 Å². The molecule has 0 saturated carbocycles. The van der Waals surface area contributed by atoms with Crippen LogP contribution in [-0.4, -0.2) is 9.85 Å². The highest BCUT2D eigenvalue weighted by Gasteiger charge is 2.06. The van der Waals surface area contributed by atoms with Crippen LogP contribution in [0.15, 0.2) is 24.3 Å². The maximum Gasteiger partial charge on any atom is 0.269 e. The van der Waals surface area contributed by atoms with Crippen molar-refractivity contribution in [2.45, 2.75) is 6.54 Å². The first-order chi connectivity index (χ1) is 6.09. The van der Waals surface area contributed by atoms with Crippen molar-refractivity contribution in [3.63, 3.8) is 0 Å². The average Bonchev–Trinajstić information content (AvgIpc) is 2.04. The van der Waals surface area contributed by atoms with Gasteiger partial charge in [-0.05, 0) is 12.1 Å². The molecule has 0 aliphatic heterocycles. The Morgan fingerprint density at radius 1 is 1.08 bits per heavy atom. The predicted octanol–water partition coefficient (Wildman–Crippen LogP) is 1.37. The van der Waals surface area contributed by atoms with Gasteiger partial charge in [0.05, 0.1) is 4.92 Å². The summed E-state index contributed by atoms with van der Waals surface area (Å²) in [7, 11) is 0. The van der Waals surface area contributed by atoms with Crippen LogP contribution in [0.1, 0.15) is 5.56 Å². The average molecular weight is 182 g/mol. The lowest BCUT2D eigenvalue weighted by atomic mass is 10.2. The topological polar surface area (TPSA) is 86.3 Å². The Bertz CT molecular complexity index is 333. The van der Waals surface area contributed by atoms with Gasteiger partial charge in [-0.3, -0.25) is 20.2 Å². The Balaban J connectivity index is 2.81. The predicted molar refractivity (Wildman–Crippen MR) is 43.8 cm³/mol. The van der Waals surface area contributed by atoms with Gasteiger partial charge in [-0.2, -0.15) is 0 Å². The van der Waals surface area contributed by atoms with Gasteiger partial charge in [-0.15, -0.1) is 0 Å². The molecule has 0 amide bonds. The lowest BCUT2D eigenvalue weighted by Crippen LogP contribution is -1.98. The van der Waals surface area contributed by atoms with E-state index >= 15 is 0 Å². The van der Waals surface area contributed by atoms with Crippen LogP contribution in [0.4, 0.5) is 5.69 Å². The maximum atomic E-state index is 10.2. The zero-order chi connectivity index (χ0) is 9.84. The highest BCUT2D eigenvalue weighted by atomic mass is 16.6. The molecule has 1 aromatic rings. The quantitative estimate of drug-likeness (QED) is 0.521. The molecule has 6 heteroatoms. The van der Waals surface area contributed by atoms with E-state index in [1.807, 2.05) is 0 Å². The molecule has 0 aromatic heterocycles. The summed E-state index contributed by atoms with van der Waals surface area (Å²) in [5.74, 6) is 0. The molecule has 0 radical (unpaired) electrons. The van der Waals surface area contributed by atoms with E-state index in [9.17, 15) is 20.2 Å². The summed E-state index contributed by atoms with van der Waals surface area (Å²) in [5.41, 5.74) is 0.391. The Morgan fingerprint density at radius 2 is 1.62 bits per heavy atom. The molecule has 0 aliphatic rings. The Hall–Kier alpha value is -1.98. The Morgan fingerprint density at radius 3 is 2.00 bits per heavy atom. The van der Waals surface area contributed by atoms with Crippen molar-refractivity contribution in [3.8, 4) is 0 Å². The van der Waals surface area contributed by atoms with E-state index in [1.54, 1.807) is 0 Å². The number of benzene rings is 1. The fourth-order valence-electron chi connectivity index (χ4n) is 0.872. The van der Waals surface area contributed by atoms with Gasteiger partial charge in [0, 0.05) is 22.6 Å². The van der Waals surface area contributed by atoms with E-state index in [0.717, 1.165) is 0 Å². The third-order valence-corrected chi connectivity index (χ3v) is 1.46. The van der Waals surface area contributed by atoms with Crippen molar-refractivity contribution in [3.05, 3.63) is 50.1 Å². The number of nitro groups is 2. The number of nitro benzene ring substituents is 1. The number of nitrogens with zero attached hydrogens (tertiary/aromatic N) is 2. The van der Waals surface area contributed by atoms with Crippen LogP contribution >= 0.6 is 0 Å².